The van der Waals surface area contributed by atoms with Gasteiger partial charge in [-0.3, -0.25) is 4.79 Å². The summed E-state index contributed by atoms with van der Waals surface area (Å²) in [7, 11) is 1.53. The largest absolute Gasteiger partial charge is 0.482 e. The molecule has 3 fully saturated rings. The van der Waals surface area contributed by atoms with Gasteiger partial charge in [-0.2, -0.15) is 0 Å². The monoisotopic (exact) mass is 1180 g/mol. The molecule has 11 nitrogen and oxygen atoms in total. The minimum atomic E-state index is -1.35. The van der Waals surface area contributed by atoms with Crippen molar-refractivity contribution in [2.45, 2.75) is 157 Å². The molecule has 5 aromatic carbocycles. The summed E-state index contributed by atoms with van der Waals surface area (Å²) >= 11 is 0. The number of aliphatic hydroxyl groups is 3. The van der Waals surface area contributed by atoms with Gasteiger partial charge < -0.3 is 38.7 Å². The predicted octanol–water partition coefficient (Wildman–Crippen LogP) is 13.9. The van der Waals surface area contributed by atoms with E-state index in [0.717, 1.165) is 62.5 Å². The minimum absolute atomic E-state index is 0.00887. The smallest absolute Gasteiger partial charge is 0.340 e. The number of rotatable bonds is 9. The number of benzene rings is 5. The number of aryl methyl sites for hydroxylation is 2. The molecule has 11 heteroatoms. The fraction of sp³-hybridized carbons (Fsp3) is 0.442. The van der Waals surface area contributed by atoms with Crippen molar-refractivity contribution in [1.82, 2.24) is 0 Å². The molecule has 13 atom stereocenters. The van der Waals surface area contributed by atoms with E-state index in [2.05, 4.69) is 127 Å². The summed E-state index contributed by atoms with van der Waals surface area (Å²) in [5.41, 5.74) is 10.4. The van der Waals surface area contributed by atoms with Crippen molar-refractivity contribution >= 4 is 35.1 Å². The maximum Gasteiger partial charge on any atom is 0.340 e. The van der Waals surface area contributed by atoms with Crippen LogP contribution in [-0.4, -0.2) is 65.9 Å². The third-order valence-electron chi connectivity index (χ3n) is 23.3. The summed E-state index contributed by atoms with van der Waals surface area (Å²) in [6.07, 6.45) is 22.4. The Kier molecular flexibility index (Phi) is 14.8. The number of carbonyl (C=O) groups is 2. The van der Waals surface area contributed by atoms with Gasteiger partial charge in [0, 0.05) is 65.7 Å². The van der Waals surface area contributed by atoms with Crippen LogP contribution in [0.3, 0.4) is 0 Å². The van der Waals surface area contributed by atoms with Crippen molar-refractivity contribution in [3.63, 3.8) is 0 Å². The molecule has 9 aliphatic rings. The van der Waals surface area contributed by atoms with Crippen molar-refractivity contribution in [3.8, 4) is 5.75 Å². The Labute approximate surface area is 515 Å². The van der Waals surface area contributed by atoms with Crippen molar-refractivity contribution in [2.24, 2.45) is 29.1 Å². The minimum Gasteiger partial charge on any atom is -0.482 e. The van der Waals surface area contributed by atoms with E-state index in [0.29, 0.717) is 59.4 Å². The number of allylic oxidation sites excluding steroid dienone is 4. The summed E-state index contributed by atoms with van der Waals surface area (Å²) in [4.78, 5) is 46.7. The molecule has 15 rings (SSSR count). The van der Waals surface area contributed by atoms with Crippen LogP contribution in [0.25, 0.3) is 23.1 Å². The molecule has 1 aromatic heterocycles. The Balaban J connectivity index is 0.933. The zero-order valence-corrected chi connectivity index (χ0v) is 50.6. The topological polar surface area (TPSA) is 162 Å². The highest BCUT2D eigenvalue weighted by atomic mass is 16.6. The van der Waals surface area contributed by atoms with Crippen molar-refractivity contribution < 1.29 is 48.3 Å². The van der Waals surface area contributed by atoms with Crippen molar-refractivity contribution in [3.05, 3.63) is 216 Å². The number of hydrogen-bond acceptors (Lipinski definition) is 11. The highest BCUT2D eigenvalue weighted by molar-refractivity contribution is 5.91. The van der Waals surface area contributed by atoms with Crippen LogP contribution in [0.5, 0.6) is 5.75 Å². The van der Waals surface area contributed by atoms with Crippen LogP contribution in [0.1, 0.15) is 187 Å². The molecule has 454 valence electrons. The van der Waals surface area contributed by atoms with Crippen LogP contribution >= 0.6 is 0 Å². The van der Waals surface area contributed by atoms with Gasteiger partial charge in [-0.15, -0.1) is 0 Å². The molecule has 0 saturated heterocycles. The fourth-order valence-corrected chi connectivity index (χ4v) is 19.4. The normalized spacial score (nSPS) is 31.7. The van der Waals surface area contributed by atoms with Gasteiger partial charge >= 0.3 is 17.6 Å². The van der Waals surface area contributed by atoms with E-state index < -0.39 is 47.9 Å². The van der Waals surface area contributed by atoms with Crippen LogP contribution in [0.15, 0.2) is 148 Å². The maximum atomic E-state index is 16.1. The van der Waals surface area contributed by atoms with E-state index in [4.69, 9.17) is 23.4 Å². The predicted molar refractivity (Wildman–Crippen MR) is 338 cm³/mol. The highest BCUT2D eigenvalue weighted by Crippen LogP contribution is 2.70. The summed E-state index contributed by atoms with van der Waals surface area (Å²) in [5, 5.41) is 33.0. The first-order valence-corrected chi connectivity index (χ1v) is 32.7. The van der Waals surface area contributed by atoms with Crippen molar-refractivity contribution in [2.75, 3.05) is 26.9 Å². The van der Waals surface area contributed by atoms with Gasteiger partial charge in [0.05, 0.1) is 25.4 Å². The summed E-state index contributed by atoms with van der Waals surface area (Å²) in [5.74, 6) is -1.33. The number of ether oxygens (including phenoxy) is 4. The van der Waals surface area contributed by atoms with Gasteiger partial charge in [0.15, 0.2) is 17.8 Å². The highest BCUT2D eigenvalue weighted by Gasteiger charge is 2.70. The van der Waals surface area contributed by atoms with Crippen LogP contribution in [0.2, 0.25) is 0 Å². The average Bonchev–Trinajstić information content (AvgIpc) is 1.40. The van der Waals surface area contributed by atoms with Gasteiger partial charge in [0.25, 0.3) is 0 Å². The molecule has 0 unspecified atom stereocenters. The van der Waals surface area contributed by atoms with E-state index in [1.807, 2.05) is 12.1 Å². The third-order valence-corrected chi connectivity index (χ3v) is 23.3. The number of fused-ring (bicyclic) bond motifs is 14. The molecule has 3 N–H and O–H groups in total. The molecule has 3 aliphatic heterocycles. The average molecular weight is 1180 g/mol. The summed E-state index contributed by atoms with van der Waals surface area (Å²) in [6.45, 7) is 0.733. The number of carbonyl (C=O) groups excluding carboxylic acids is 2. The zero-order valence-electron chi connectivity index (χ0n) is 50.6. The molecule has 88 heavy (non-hydrogen) atoms. The fourth-order valence-electron chi connectivity index (χ4n) is 19.4. The Morgan fingerprint density at radius 1 is 0.761 bits per heavy atom. The van der Waals surface area contributed by atoms with Gasteiger partial charge in [-0.1, -0.05) is 140 Å². The van der Waals surface area contributed by atoms with Gasteiger partial charge in [0.1, 0.15) is 11.3 Å². The van der Waals surface area contributed by atoms with E-state index in [-0.39, 0.29) is 95.7 Å². The van der Waals surface area contributed by atoms with Crippen molar-refractivity contribution in [1.29, 1.82) is 0 Å². The third kappa shape index (κ3) is 9.05. The molecular weight excluding hydrogens is 1100 g/mol. The Bertz CT molecular complexity index is 3950. The van der Waals surface area contributed by atoms with E-state index in [1.54, 1.807) is 6.92 Å². The van der Waals surface area contributed by atoms with Gasteiger partial charge in [-0.05, 0) is 186 Å². The molecule has 0 radical (unpaired) electrons. The molecule has 0 amide bonds. The Morgan fingerprint density at radius 2 is 1.61 bits per heavy atom. The zero-order chi connectivity index (χ0) is 60.1. The van der Waals surface area contributed by atoms with E-state index >= 15 is 9.59 Å². The van der Waals surface area contributed by atoms with Crippen LogP contribution < -0.4 is 10.4 Å². The summed E-state index contributed by atoms with van der Waals surface area (Å²) in [6, 6.07) is 37.5. The summed E-state index contributed by atoms with van der Waals surface area (Å²) < 4.78 is 34.5. The lowest BCUT2D eigenvalue weighted by Gasteiger charge is -2.58. The molecule has 6 aliphatic carbocycles. The molecule has 6 bridgehead atoms. The lowest BCUT2D eigenvalue weighted by Crippen LogP contribution is -2.65. The SMILES string of the molecule is COC[C@@H](CCO)c1c(CO)c2ccc3c(c2oc1=O)[C@H]1OC(=O)C[C@H]2C[C@@H](c4cccc([C@]56CCCC[C@@H]5C=Cc5ccccc56)c4)C=C[C@H]2c2ccc4c(c2)CC[C@@]25CCC[C@](O3)([C@@H]2C[C@@H]2c3ccccc3C=C[C@@H]25)[C@H]1OC(=O)/C(=C(/C)CO)CC4. The van der Waals surface area contributed by atoms with Crippen LogP contribution in [0.4, 0.5) is 0 Å². The lowest BCUT2D eigenvalue weighted by atomic mass is 9.53. The molecule has 1 spiro atoms. The quantitative estimate of drug-likeness (QED) is 0.0547. The number of methoxy groups -OCH3 is 1. The second-order valence-electron chi connectivity index (χ2n) is 27.3. The second-order valence-corrected chi connectivity index (χ2v) is 27.3. The molecule has 4 heterocycles. The first-order chi connectivity index (χ1) is 43.0. The maximum absolute atomic E-state index is 16.1. The first-order valence-electron chi connectivity index (χ1n) is 32.7. The number of esters is 2. The second kappa shape index (κ2) is 22.7. The van der Waals surface area contributed by atoms with Crippen LogP contribution in [0, 0.1) is 29.1 Å². The molecular formula is C77H80O11. The Hall–Kier alpha value is -7.15. The van der Waals surface area contributed by atoms with E-state index in [1.165, 1.54) is 52.5 Å². The number of hydrogen-bond donors (Lipinski definition) is 3. The van der Waals surface area contributed by atoms with Crippen LogP contribution in [-0.2, 0) is 48.7 Å². The number of aliphatic hydroxyl groups excluding tert-OH is 3. The first kappa shape index (κ1) is 57.3. The van der Waals surface area contributed by atoms with Gasteiger partial charge in [-0.25, -0.2) is 9.59 Å². The standard InChI is InChI=1S/C77H80O11/c1-45(42-79)57-25-21-46-18-19-52-37-51(46)30-35-75-32-10-34-77(66(75)41-61-59-16-5-3-11-47(59)23-28-64(61)75)72(87-73(57)82)71(69-65(88-77)29-27-60-62(43-80)68(74(83)86-70(60)69)53(31-36-78)44-84-2)85-67(81)40-54-38-50(22-26-58(52)54)49-13-9-15-56(39-49)76-33-8-7-14-55(76)24-20-48-12-4-6-17-63(48)76/h3-6,9,11-13,15-20,22-24,26-29,37,39,50,53-55,58,61,64,66,71-72,78-80H,7-8,10,14,21,25,30-36,38,40-44H2,1-2H3/b57-45-/t50-,53+,54+,55+,58-,61+,64-,66+,71+,72-,75+,76-,77-/m0/s1. The molecule has 6 aromatic rings. The Morgan fingerprint density at radius 3 is 2.47 bits per heavy atom. The van der Waals surface area contributed by atoms with E-state index in [9.17, 15) is 20.1 Å². The lowest BCUT2D eigenvalue weighted by molar-refractivity contribution is -0.221. The van der Waals surface area contributed by atoms with Gasteiger partial charge in [0.2, 0.25) is 0 Å². The molecule has 3 saturated carbocycles.